The molecule has 9 aliphatic carbocycles. The van der Waals surface area contributed by atoms with Gasteiger partial charge in [-0.1, -0.05) is 61.2 Å². The molecule has 4 heterocycles. The number of hydrogen-bond donors (Lipinski definition) is 0. The average Bonchev–Trinajstić information content (AvgIpc) is 1.53. The van der Waals surface area contributed by atoms with Crippen molar-refractivity contribution in [3.8, 4) is 0 Å². The molecular weight excluding hydrogens is 1410 g/mol. The molecule has 21 nitrogen and oxygen atoms in total. The third-order valence-electron chi connectivity index (χ3n) is 25.4. The van der Waals surface area contributed by atoms with Gasteiger partial charge in [-0.15, -0.1) is 0 Å². The molecule has 0 aromatic heterocycles. The van der Waals surface area contributed by atoms with E-state index in [1.165, 1.54) is 0 Å². The van der Waals surface area contributed by atoms with Gasteiger partial charge in [-0.3, -0.25) is 28.8 Å². The smallest absolute Gasteiger partial charge is 0.434 e. The zero-order valence-electron chi connectivity index (χ0n) is 58.0. The van der Waals surface area contributed by atoms with Crippen LogP contribution in [0.5, 0.6) is 0 Å². The van der Waals surface area contributed by atoms with E-state index in [4.69, 9.17) is 37.9 Å². The Morgan fingerprint density at radius 2 is 1.00 bits per heavy atom. The van der Waals surface area contributed by atoms with Crippen LogP contribution in [0.3, 0.4) is 0 Å². The summed E-state index contributed by atoms with van der Waals surface area (Å²) in [6.45, 7) is 20.1. The largest absolute Gasteiger partial charge is 0.469 e. The quantitative estimate of drug-likeness (QED) is 0.0485. The minimum absolute atomic E-state index is 0.00442. The summed E-state index contributed by atoms with van der Waals surface area (Å²) in [5.74, 6) is -8.57. The maximum atomic E-state index is 13.1. The molecule has 13 aliphatic rings. The molecule has 34 heteroatoms. The maximum Gasteiger partial charge on any atom is 0.434 e. The van der Waals surface area contributed by atoms with Crippen LogP contribution in [0, 0.1) is 112 Å². The van der Waals surface area contributed by atoms with Gasteiger partial charge in [0, 0.05) is 24.7 Å². The van der Waals surface area contributed by atoms with Crippen LogP contribution in [-0.2, 0) is 100.0 Å². The number of halogens is 12. The van der Waals surface area contributed by atoms with E-state index in [1.54, 1.807) is 6.92 Å². The molecule has 8 bridgehead atoms. The second-order valence-corrected chi connectivity index (χ2v) is 37.8. The van der Waals surface area contributed by atoms with E-state index in [0.29, 0.717) is 66.9 Å². The summed E-state index contributed by atoms with van der Waals surface area (Å²) in [6, 6.07) is 0. The first-order chi connectivity index (χ1) is 47.1. The van der Waals surface area contributed by atoms with Gasteiger partial charge in [0.1, 0.15) is 18.3 Å². The zero-order chi connectivity index (χ0) is 75.1. The van der Waals surface area contributed by atoms with Crippen molar-refractivity contribution in [2.24, 2.45) is 112 Å². The maximum absolute atomic E-state index is 13.1. The lowest BCUT2D eigenvalue weighted by molar-refractivity contribution is -0.315. The standard InChI is InChI=1S/C26H33F3O9.C23H34O6Si.C19H21F9O6/c1-10-11(2)15-8-14(10)9-16(15)22(31)35-19-17-18(34-23(19)32)20-24(36-17)38-25(37-20)6-4-13(5-7-25)21(30)33-12(3)26(27,28)29;1-11-12(2)15-6-13(11)7-16(15)20(24)28-18-14-8-17-19(18)29-22(26)23(17,9-14)21(25)27-10-30(3,4)5;1-6-7(2)10-4-9(6)5-11(10)13(29)33-12(14(30)32-8(3)17(20,21)22)15(31)34-16(18(23,24)25)19(26,27)28/h10-20,24H,4-9H2,1-3H3;11-19H,6-10H2,1-5H3;6-12,16H,4-5H2,1-3H3. The van der Waals surface area contributed by atoms with Crippen LogP contribution in [0.1, 0.15) is 132 Å². The molecule has 574 valence electrons. The fourth-order valence-corrected chi connectivity index (χ4v) is 19.7. The average molecular weight is 1500 g/mol. The number of alkyl halides is 12. The molecule has 0 N–H and O–H groups in total. The molecule has 0 aromatic rings. The van der Waals surface area contributed by atoms with Gasteiger partial charge in [-0.25, -0.2) is 14.4 Å². The van der Waals surface area contributed by atoms with Crippen LogP contribution in [0.2, 0.25) is 19.6 Å². The summed E-state index contributed by atoms with van der Waals surface area (Å²) < 4.78 is 216. The van der Waals surface area contributed by atoms with Crippen molar-refractivity contribution in [1.29, 1.82) is 0 Å². The third-order valence-corrected chi connectivity index (χ3v) is 26.4. The molecule has 0 aromatic carbocycles. The van der Waals surface area contributed by atoms with Crippen LogP contribution in [-0.4, -0.2) is 166 Å². The van der Waals surface area contributed by atoms with Gasteiger partial charge < -0.3 is 56.8 Å². The summed E-state index contributed by atoms with van der Waals surface area (Å²) in [6.07, 6.45) is -33.5. The van der Waals surface area contributed by atoms with Crippen LogP contribution in [0.15, 0.2) is 0 Å². The van der Waals surface area contributed by atoms with Gasteiger partial charge in [0.15, 0.2) is 41.9 Å². The van der Waals surface area contributed by atoms with Crippen LogP contribution in [0.4, 0.5) is 52.7 Å². The molecule has 4 aliphatic heterocycles. The van der Waals surface area contributed by atoms with Gasteiger partial charge in [-0.2, -0.15) is 52.7 Å². The third kappa shape index (κ3) is 14.6. The molecule has 13 rings (SSSR count). The summed E-state index contributed by atoms with van der Waals surface area (Å²) >= 11 is 0. The predicted molar refractivity (Wildman–Crippen MR) is 321 cm³/mol. The van der Waals surface area contributed by atoms with E-state index in [-0.39, 0.29) is 104 Å². The molecule has 0 radical (unpaired) electrons. The summed E-state index contributed by atoms with van der Waals surface area (Å²) in [4.78, 5) is 113. The Kier molecular flexibility index (Phi) is 21.1. The Labute approximate surface area is 580 Å². The van der Waals surface area contributed by atoms with Gasteiger partial charge in [0.2, 0.25) is 6.10 Å². The summed E-state index contributed by atoms with van der Waals surface area (Å²) in [5, 5.41) is 0. The lowest BCUT2D eigenvalue weighted by Crippen LogP contribution is -2.50. The van der Waals surface area contributed by atoms with E-state index < -0.39 is 165 Å². The molecule has 13 fully saturated rings. The Bertz CT molecular complexity index is 3220. The van der Waals surface area contributed by atoms with E-state index in [0.717, 1.165) is 32.6 Å². The van der Waals surface area contributed by atoms with E-state index in [1.807, 2.05) is 6.92 Å². The molecule has 102 heavy (non-hydrogen) atoms. The molecule has 0 amide bonds. The fourth-order valence-electron chi connectivity index (χ4n) is 19.2. The SMILES string of the molecule is CC1C2CC(C(=O)OC(C(=O)OC(C)C(F)(F)F)C(=O)OC(C(F)(F)F)C(F)(F)F)C(C2)C1C.CC1C2CC(C(=O)OC3C(=O)OC4C5OC6(CCC(C(=O)OC(C)C(F)(F)F)CC6)OC5OC34)C(C2)C1C.CC1C2CC(C(=O)OC3C4CC5C3OC(=O)C5(C(=O)OC[Si](C)(C)C)C4)C(C2)C1C. The number of carbonyl (C=O) groups excluding carboxylic acids is 9. The van der Waals surface area contributed by atoms with Gasteiger partial charge in [-0.05, 0) is 149 Å². The number of esters is 9. The van der Waals surface area contributed by atoms with Crippen LogP contribution < -0.4 is 0 Å². The van der Waals surface area contributed by atoms with Crippen LogP contribution >= 0.6 is 0 Å². The van der Waals surface area contributed by atoms with E-state index in [9.17, 15) is 95.8 Å². The monoisotopic (exact) mass is 1500 g/mol. The van der Waals surface area contributed by atoms with Crippen molar-refractivity contribution in [2.75, 3.05) is 6.23 Å². The molecule has 9 saturated carbocycles. The number of rotatable bonds is 15. The van der Waals surface area contributed by atoms with E-state index >= 15 is 0 Å². The minimum atomic E-state index is -6.18. The Morgan fingerprint density at radius 1 is 0.520 bits per heavy atom. The summed E-state index contributed by atoms with van der Waals surface area (Å²) in [5.41, 5.74) is -1.17. The lowest BCUT2D eigenvalue weighted by atomic mass is 9.73. The predicted octanol–water partition coefficient (Wildman–Crippen LogP) is 10.8. The minimum Gasteiger partial charge on any atom is -0.469 e. The highest BCUT2D eigenvalue weighted by molar-refractivity contribution is 6.76. The van der Waals surface area contributed by atoms with Crippen molar-refractivity contribution < 1.29 is 153 Å². The first kappa shape index (κ1) is 77.6. The first-order valence-electron chi connectivity index (χ1n) is 35.2. The Balaban J connectivity index is 0.000000155. The normalized spacial score (nSPS) is 41.7. The van der Waals surface area contributed by atoms with Crippen molar-refractivity contribution >= 4 is 61.8 Å². The molecule has 4 saturated heterocycles. The topological polar surface area (TPSA) is 264 Å². The molecule has 28 atom stereocenters. The lowest BCUT2D eigenvalue weighted by Gasteiger charge is -2.36. The number of fused-ring (bicyclic) bond motifs is 10. The van der Waals surface area contributed by atoms with E-state index in [2.05, 4.69) is 66.3 Å². The van der Waals surface area contributed by atoms with Crippen LogP contribution in [0.25, 0.3) is 0 Å². The van der Waals surface area contributed by atoms with Gasteiger partial charge in [0.25, 0.3) is 12.2 Å². The highest BCUT2D eigenvalue weighted by atomic mass is 28.3. The van der Waals surface area contributed by atoms with Gasteiger partial charge in [0.05, 0.1) is 38.0 Å². The second kappa shape index (κ2) is 27.7. The first-order valence-corrected chi connectivity index (χ1v) is 38.9. The van der Waals surface area contributed by atoms with Crippen molar-refractivity contribution in [1.82, 2.24) is 0 Å². The summed E-state index contributed by atoms with van der Waals surface area (Å²) in [7, 11) is -1.58. The Hall–Kier alpha value is -5.51. The molecule has 28 unspecified atom stereocenters. The van der Waals surface area contributed by atoms with Gasteiger partial charge >= 0.3 is 78.4 Å². The highest BCUT2D eigenvalue weighted by Gasteiger charge is 2.76. The molecule has 1 spiro atoms. The van der Waals surface area contributed by atoms with Crippen molar-refractivity contribution in [2.45, 2.75) is 250 Å². The second-order valence-electron chi connectivity index (χ2n) is 32.4. The molecular formula is C68H88F12O21Si. The van der Waals surface area contributed by atoms with Crippen molar-refractivity contribution in [3.63, 3.8) is 0 Å². The number of carbonyl (C=O) groups is 9. The zero-order valence-corrected chi connectivity index (χ0v) is 59.0. The van der Waals surface area contributed by atoms with Crippen molar-refractivity contribution in [3.05, 3.63) is 0 Å². The number of ether oxygens (including phenoxy) is 12. The number of hydrogen-bond acceptors (Lipinski definition) is 21. The highest BCUT2D eigenvalue weighted by Crippen LogP contribution is 2.64. The fraction of sp³-hybridized carbons (Fsp3) is 0.868. The Morgan fingerprint density at radius 3 is 1.47 bits per heavy atom.